The Bertz CT molecular complexity index is 979. The van der Waals surface area contributed by atoms with Gasteiger partial charge in [-0.1, -0.05) is 84.7 Å². The zero-order chi connectivity index (χ0) is 19.6. The Morgan fingerprint density at radius 1 is 0.759 bits per heavy atom. The minimum atomic E-state index is 0. The van der Waals surface area contributed by atoms with Gasteiger partial charge in [0.2, 0.25) is 0 Å². The van der Waals surface area contributed by atoms with E-state index in [0.29, 0.717) is 5.56 Å². The Morgan fingerprint density at radius 3 is 2.00 bits per heavy atom. The third-order valence-corrected chi connectivity index (χ3v) is 4.71. The van der Waals surface area contributed by atoms with Gasteiger partial charge < -0.3 is 5.11 Å². The predicted octanol–water partition coefficient (Wildman–Crippen LogP) is 6.64. The monoisotopic (exact) mass is 471 g/mol. The van der Waals surface area contributed by atoms with E-state index in [1.807, 2.05) is 61.5 Å². The van der Waals surface area contributed by atoms with Crippen LogP contribution < -0.4 is 5.11 Å². The molecule has 0 fully saturated rings. The van der Waals surface area contributed by atoms with E-state index in [4.69, 9.17) is 0 Å². The SMILES string of the molecule is C1=C\CC/C=C\CC/1.Cc1ccccc1N=Cc1c([O-])ccc2ccccc12.[Rh]. The first-order chi connectivity index (χ1) is 13.8. The molecule has 0 saturated carbocycles. The van der Waals surface area contributed by atoms with Crippen LogP contribution in [0, 0.1) is 6.92 Å². The molecule has 0 N–H and O–H groups in total. The Hall–Kier alpha value is -2.51. The van der Waals surface area contributed by atoms with E-state index in [9.17, 15) is 5.11 Å². The van der Waals surface area contributed by atoms with Crippen LogP contribution in [0.4, 0.5) is 5.69 Å². The summed E-state index contributed by atoms with van der Waals surface area (Å²) in [7, 11) is 0. The van der Waals surface area contributed by atoms with Gasteiger partial charge in [0.15, 0.2) is 0 Å². The van der Waals surface area contributed by atoms with Crippen molar-refractivity contribution in [1.29, 1.82) is 0 Å². The molecule has 2 nitrogen and oxygen atoms in total. The van der Waals surface area contributed by atoms with Crippen molar-refractivity contribution in [1.82, 2.24) is 0 Å². The molecule has 0 spiro atoms. The molecule has 0 saturated heterocycles. The third kappa shape index (κ3) is 6.80. The minimum absolute atomic E-state index is 0. The van der Waals surface area contributed by atoms with Crippen molar-refractivity contribution in [2.24, 2.45) is 4.99 Å². The van der Waals surface area contributed by atoms with Crippen LogP contribution in [0.15, 0.2) is 90.0 Å². The summed E-state index contributed by atoms with van der Waals surface area (Å²) in [5, 5.41) is 14.0. The van der Waals surface area contributed by atoms with Crippen LogP contribution in [0.1, 0.15) is 36.8 Å². The molecular formula is C26H26NORh-. The van der Waals surface area contributed by atoms with Crippen molar-refractivity contribution >= 4 is 22.7 Å². The van der Waals surface area contributed by atoms with Crippen LogP contribution >= 0.6 is 0 Å². The fraction of sp³-hybridized carbons (Fsp3) is 0.192. The summed E-state index contributed by atoms with van der Waals surface area (Å²) in [5.41, 5.74) is 2.63. The molecule has 3 aromatic carbocycles. The van der Waals surface area contributed by atoms with Gasteiger partial charge in [-0.15, -0.1) is 0 Å². The summed E-state index contributed by atoms with van der Waals surface area (Å²) in [6.45, 7) is 2.01. The van der Waals surface area contributed by atoms with Crippen molar-refractivity contribution in [3.63, 3.8) is 0 Å². The maximum atomic E-state index is 12.0. The van der Waals surface area contributed by atoms with Crippen molar-refractivity contribution in [3.05, 3.63) is 96.1 Å². The maximum absolute atomic E-state index is 12.0. The first-order valence-corrected chi connectivity index (χ1v) is 9.84. The Balaban J connectivity index is 0.000000283. The number of aliphatic imine (C=N–C) groups is 1. The second-order valence-corrected chi connectivity index (χ2v) is 6.84. The van der Waals surface area contributed by atoms with Gasteiger partial charge in [0.05, 0.1) is 5.69 Å². The molecule has 4 rings (SSSR count). The fourth-order valence-electron chi connectivity index (χ4n) is 3.11. The fourth-order valence-corrected chi connectivity index (χ4v) is 3.11. The largest absolute Gasteiger partial charge is 0.872 e. The van der Waals surface area contributed by atoms with Gasteiger partial charge in [-0.3, -0.25) is 4.99 Å². The van der Waals surface area contributed by atoms with Gasteiger partial charge in [0.25, 0.3) is 0 Å². The predicted molar refractivity (Wildman–Crippen MR) is 119 cm³/mol. The number of hydrogen-bond acceptors (Lipinski definition) is 2. The van der Waals surface area contributed by atoms with Gasteiger partial charge >= 0.3 is 0 Å². The smallest absolute Gasteiger partial charge is 0.0659 e. The molecule has 1 aliphatic rings. The molecule has 0 bridgehead atoms. The summed E-state index contributed by atoms with van der Waals surface area (Å²) in [5.74, 6) is 0.000958. The first kappa shape index (κ1) is 22.8. The van der Waals surface area contributed by atoms with Gasteiger partial charge in [0.1, 0.15) is 0 Å². The summed E-state index contributed by atoms with van der Waals surface area (Å²) in [6.07, 6.45) is 15.7. The van der Waals surface area contributed by atoms with E-state index in [1.165, 1.54) is 25.7 Å². The average molecular weight is 471 g/mol. The average Bonchev–Trinajstić information content (AvgIpc) is 2.68. The molecule has 0 atom stereocenters. The Kier molecular flexibility index (Phi) is 9.54. The zero-order valence-corrected chi connectivity index (χ0v) is 18.3. The van der Waals surface area contributed by atoms with Gasteiger partial charge in [-0.25, -0.2) is 0 Å². The van der Waals surface area contributed by atoms with Gasteiger partial charge in [-0.2, -0.15) is 0 Å². The molecule has 1 radical (unpaired) electrons. The van der Waals surface area contributed by atoms with Crippen LogP contribution in [0.25, 0.3) is 10.8 Å². The number of hydrogen-bond donors (Lipinski definition) is 0. The zero-order valence-electron chi connectivity index (χ0n) is 16.7. The second-order valence-electron chi connectivity index (χ2n) is 6.84. The number of allylic oxidation sites excluding steroid dienone is 4. The van der Waals surface area contributed by atoms with E-state index < -0.39 is 0 Å². The van der Waals surface area contributed by atoms with Crippen LogP contribution in [0.2, 0.25) is 0 Å². The Labute approximate surface area is 186 Å². The molecule has 0 unspecified atom stereocenters. The van der Waals surface area contributed by atoms with E-state index in [1.54, 1.807) is 12.3 Å². The van der Waals surface area contributed by atoms with E-state index >= 15 is 0 Å². The molecule has 0 aromatic heterocycles. The van der Waals surface area contributed by atoms with E-state index in [0.717, 1.165) is 22.0 Å². The molecule has 0 heterocycles. The number of benzene rings is 3. The molecule has 3 heteroatoms. The van der Waals surface area contributed by atoms with E-state index in [-0.39, 0.29) is 25.2 Å². The maximum Gasteiger partial charge on any atom is 0.0659 e. The number of nitrogens with zero attached hydrogens (tertiary/aromatic N) is 1. The number of rotatable bonds is 2. The van der Waals surface area contributed by atoms with Crippen molar-refractivity contribution < 1.29 is 24.6 Å². The standard InChI is InChI=1S/C18H15NO.C8H12.Rh/c1-13-6-2-5-9-17(13)19-12-16-15-8-4-3-7-14(15)10-11-18(16)20;1-2-4-6-8-7-5-3-1;/h2-12,20H,1H3;1-2,7-8H,3-6H2;/p-1/b;2-1-,8-7-;. The van der Waals surface area contributed by atoms with Crippen molar-refractivity contribution in [2.75, 3.05) is 0 Å². The second kappa shape index (κ2) is 12.1. The Morgan fingerprint density at radius 2 is 1.34 bits per heavy atom. The molecule has 151 valence electrons. The van der Waals surface area contributed by atoms with Crippen LogP contribution in [0.5, 0.6) is 5.75 Å². The number of aryl methyl sites for hydroxylation is 1. The molecule has 29 heavy (non-hydrogen) atoms. The molecule has 0 aliphatic heterocycles. The van der Waals surface area contributed by atoms with Crippen LogP contribution in [0.3, 0.4) is 0 Å². The minimum Gasteiger partial charge on any atom is -0.872 e. The first-order valence-electron chi connectivity index (χ1n) is 9.84. The summed E-state index contributed by atoms with van der Waals surface area (Å²) in [6, 6.07) is 19.2. The van der Waals surface area contributed by atoms with Gasteiger partial charge in [0, 0.05) is 25.7 Å². The topological polar surface area (TPSA) is 35.4 Å². The number of fused-ring (bicyclic) bond motifs is 1. The van der Waals surface area contributed by atoms with Crippen LogP contribution in [-0.4, -0.2) is 6.21 Å². The molecule has 3 aromatic rings. The molecule has 1 aliphatic carbocycles. The van der Waals surface area contributed by atoms with Crippen molar-refractivity contribution in [3.8, 4) is 5.75 Å². The molecule has 0 amide bonds. The normalized spacial score (nSPS) is 15.5. The summed E-state index contributed by atoms with van der Waals surface area (Å²) in [4.78, 5) is 4.46. The number of para-hydroxylation sites is 1. The molecular weight excluding hydrogens is 445 g/mol. The van der Waals surface area contributed by atoms with E-state index in [2.05, 4.69) is 29.3 Å². The summed E-state index contributed by atoms with van der Waals surface area (Å²) >= 11 is 0. The van der Waals surface area contributed by atoms with Crippen LogP contribution in [-0.2, 0) is 19.5 Å². The third-order valence-electron chi connectivity index (χ3n) is 4.71. The quantitative estimate of drug-likeness (QED) is 0.234. The summed E-state index contributed by atoms with van der Waals surface area (Å²) < 4.78 is 0. The van der Waals surface area contributed by atoms with Gasteiger partial charge in [-0.05, 0) is 60.6 Å². The van der Waals surface area contributed by atoms with Crippen molar-refractivity contribution in [2.45, 2.75) is 32.6 Å².